The molecule has 2 amide bonds. The SMILES string of the molecule is COc1ccc(NC(=O)[C@@H]2CCCN2C(=O)c2ccc(-n3cnc(C)c3)c(OC)c2)cc1. The third-order valence-corrected chi connectivity index (χ3v) is 5.59. The van der Waals surface area contributed by atoms with Gasteiger partial charge in [-0.25, -0.2) is 4.98 Å². The standard InChI is InChI=1S/C24H26N4O4/c1-16-14-27(15-25-16)20-11-6-17(13-22(20)32-3)24(30)28-12-4-5-21(28)23(29)26-18-7-9-19(31-2)10-8-18/h6-11,13-15,21H,4-5,12H2,1-3H3,(H,26,29)/t21-/m0/s1. The monoisotopic (exact) mass is 434 g/mol. The molecule has 1 aliphatic heterocycles. The second kappa shape index (κ2) is 9.13. The van der Waals surface area contributed by atoms with Crippen LogP contribution in [0, 0.1) is 6.92 Å². The Bertz CT molecular complexity index is 1120. The number of rotatable bonds is 6. The normalized spacial score (nSPS) is 15.5. The molecule has 4 rings (SSSR count). The van der Waals surface area contributed by atoms with E-state index in [1.807, 2.05) is 23.8 Å². The number of nitrogens with one attached hydrogen (secondary N) is 1. The van der Waals surface area contributed by atoms with Crippen LogP contribution in [0.2, 0.25) is 0 Å². The Labute approximate surface area is 186 Å². The van der Waals surface area contributed by atoms with Crippen LogP contribution in [0.3, 0.4) is 0 Å². The van der Waals surface area contributed by atoms with Crippen molar-refractivity contribution in [2.45, 2.75) is 25.8 Å². The number of ether oxygens (including phenoxy) is 2. The summed E-state index contributed by atoms with van der Waals surface area (Å²) >= 11 is 0. The van der Waals surface area contributed by atoms with Crippen LogP contribution in [0.4, 0.5) is 5.69 Å². The molecule has 0 bridgehead atoms. The second-order valence-electron chi connectivity index (χ2n) is 7.68. The zero-order valence-electron chi connectivity index (χ0n) is 18.4. The summed E-state index contributed by atoms with van der Waals surface area (Å²) in [5.74, 6) is 0.887. The Kier molecular flexibility index (Phi) is 6.11. The molecule has 8 heteroatoms. The van der Waals surface area contributed by atoms with E-state index >= 15 is 0 Å². The Hall–Kier alpha value is -3.81. The molecule has 0 spiro atoms. The van der Waals surface area contributed by atoms with Crippen molar-refractivity contribution in [2.75, 3.05) is 26.1 Å². The lowest BCUT2D eigenvalue weighted by Gasteiger charge is -2.24. The van der Waals surface area contributed by atoms with Gasteiger partial charge in [-0.1, -0.05) is 0 Å². The molecular formula is C24H26N4O4. The Morgan fingerprint density at radius 3 is 2.53 bits per heavy atom. The minimum atomic E-state index is -0.522. The third-order valence-electron chi connectivity index (χ3n) is 5.59. The smallest absolute Gasteiger partial charge is 0.254 e. The van der Waals surface area contributed by atoms with Crippen LogP contribution in [0.25, 0.3) is 5.69 Å². The zero-order chi connectivity index (χ0) is 22.7. The number of aromatic nitrogens is 2. The van der Waals surface area contributed by atoms with E-state index in [0.29, 0.717) is 35.7 Å². The highest BCUT2D eigenvalue weighted by molar-refractivity contribution is 6.02. The Morgan fingerprint density at radius 1 is 1.09 bits per heavy atom. The lowest BCUT2D eigenvalue weighted by atomic mass is 10.1. The van der Waals surface area contributed by atoms with Gasteiger partial charge in [0.25, 0.3) is 5.91 Å². The number of benzene rings is 2. The van der Waals surface area contributed by atoms with Crippen LogP contribution in [0.5, 0.6) is 11.5 Å². The molecule has 32 heavy (non-hydrogen) atoms. The van der Waals surface area contributed by atoms with Crippen molar-refractivity contribution in [3.8, 4) is 17.2 Å². The maximum absolute atomic E-state index is 13.3. The van der Waals surface area contributed by atoms with E-state index in [9.17, 15) is 9.59 Å². The first-order chi connectivity index (χ1) is 15.5. The number of carbonyl (C=O) groups is 2. The van der Waals surface area contributed by atoms with Gasteiger partial charge in [0.1, 0.15) is 17.5 Å². The molecule has 1 aliphatic rings. The highest BCUT2D eigenvalue weighted by Gasteiger charge is 2.34. The lowest BCUT2D eigenvalue weighted by Crippen LogP contribution is -2.43. The number of anilines is 1. The Morgan fingerprint density at radius 2 is 1.88 bits per heavy atom. The first kappa shape index (κ1) is 21.4. The van der Waals surface area contributed by atoms with Crippen LogP contribution in [0.15, 0.2) is 55.0 Å². The van der Waals surface area contributed by atoms with Gasteiger partial charge in [0.2, 0.25) is 5.91 Å². The molecule has 8 nitrogen and oxygen atoms in total. The summed E-state index contributed by atoms with van der Waals surface area (Å²) in [6.07, 6.45) is 4.99. The highest BCUT2D eigenvalue weighted by Crippen LogP contribution is 2.28. The summed E-state index contributed by atoms with van der Waals surface area (Å²) in [6.45, 7) is 2.44. The molecule has 1 fully saturated rings. The fraction of sp³-hybridized carbons (Fsp3) is 0.292. The molecule has 0 aliphatic carbocycles. The minimum absolute atomic E-state index is 0.191. The van der Waals surface area contributed by atoms with Crippen molar-refractivity contribution in [1.82, 2.24) is 14.5 Å². The number of carbonyl (C=O) groups excluding carboxylic acids is 2. The van der Waals surface area contributed by atoms with E-state index in [1.165, 1.54) is 0 Å². The van der Waals surface area contributed by atoms with E-state index in [1.54, 1.807) is 61.8 Å². The predicted octanol–water partition coefficient (Wildman–Crippen LogP) is 3.44. The summed E-state index contributed by atoms with van der Waals surface area (Å²) in [5, 5.41) is 2.90. The minimum Gasteiger partial charge on any atom is -0.497 e. The van der Waals surface area contributed by atoms with Gasteiger partial charge < -0.3 is 24.3 Å². The fourth-order valence-corrected chi connectivity index (χ4v) is 3.93. The average molecular weight is 434 g/mol. The summed E-state index contributed by atoms with van der Waals surface area (Å²) in [6, 6.07) is 11.9. The molecule has 1 aromatic heterocycles. The van der Waals surface area contributed by atoms with Crippen molar-refractivity contribution >= 4 is 17.5 Å². The maximum Gasteiger partial charge on any atom is 0.254 e. The summed E-state index contributed by atoms with van der Waals surface area (Å²) in [5.41, 5.74) is 2.82. The van der Waals surface area contributed by atoms with Crippen molar-refractivity contribution in [3.63, 3.8) is 0 Å². The fourth-order valence-electron chi connectivity index (χ4n) is 3.93. The number of nitrogens with zero attached hydrogens (tertiary/aromatic N) is 3. The number of methoxy groups -OCH3 is 2. The number of hydrogen-bond donors (Lipinski definition) is 1. The highest BCUT2D eigenvalue weighted by atomic mass is 16.5. The molecule has 166 valence electrons. The van der Waals surface area contributed by atoms with Crippen LogP contribution in [-0.4, -0.2) is 53.1 Å². The lowest BCUT2D eigenvalue weighted by molar-refractivity contribution is -0.119. The summed E-state index contributed by atoms with van der Waals surface area (Å²) in [7, 11) is 3.16. The van der Waals surface area contributed by atoms with Gasteiger partial charge in [0.15, 0.2) is 0 Å². The van der Waals surface area contributed by atoms with Gasteiger partial charge >= 0.3 is 0 Å². The molecular weight excluding hydrogens is 408 g/mol. The molecule has 2 aromatic carbocycles. The molecule has 3 aromatic rings. The van der Waals surface area contributed by atoms with Gasteiger partial charge in [-0.05, 0) is 62.2 Å². The predicted molar refractivity (Wildman–Crippen MR) is 121 cm³/mol. The van der Waals surface area contributed by atoms with E-state index in [-0.39, 0.29) is 11.8 Å². The number of imidazole rings is 1. The van der Waals surface area contributed by atoms with E-state index in [0.717, 1.165) is 17.8 Å². The molecule has 1 N–H and O–H groups in total. The molecule has 2 heterocycles. The second-order valence-corrected chi connectivity index (χ2v) is 7.68. The van der Waals surface area contributed by atoms with Crippen LogP contribution >= 0.6 is 0 Å². The maximum atomic E-state index is 13.3. The third kappa shape index (κ3) is 4.30. The van der Waals surface area contributed by atoms with Crippen molar-refractivity contribution in [3.05, 3.63) is 66.2 Å². The van der Waals surface area contributed by atoms with Gasteiger partial charge in [0, 0.05) is 24.0 Å². The van der Waals surface area contributed by atoms with Gasteiger partial charge in [-0.2, -0.15) is 0 Å². The van der Waals surface area contributed by atoms with Crippen LogP contribution in [-0.2, 0) is 4.79 Å². The number of likely N-dealkylation sites (tertiary alicyclic amines) is 1. The largest absolute Gasteiger partial charge is 0.497 e. The number of amides is 2. The van der Waals surface area contributed by atoms with E-state index < -0.39 is 6.04 Å². The van der Waals surface area contributed by atoms with Crippen LogP contribution < -0.4 is 14.8 Å². The number of aryl methyl sites for hydroxylation is 1. The Balaban J connectivity index is 1.51. The summed E-state index contributed by atoms with van der Waals surface area (Å²) in [4.78, 5) is 32.1. The molecule has 0 saturated carbocycles. The van der Waals surface area contributed by atoms with Crippen molar-refractivity contribution in [2.24, 2.45) is 0 Å². The van der Waals surface area contributed by atoms with Crippen molar-refractivity contribution < 1.29 is 19.1 Å². The topological polar surface area (TPSA) is 85.7 Å². The first-order valence-electron chi connectivity index (χ1n) is 10.4. The van der Waals surface area contributed by atoms with E-state index in [4.69, 9.17) is 9.47 Å². The molecule has 0 unspecified atom stereocenters. The number of hydrogen-bond acceptors (Lipinski definition) is 5. The first-order valence-corrected chi connectivity index (χ1v) is 10.4. The average Bonchev–Trinajstić information content (AvgIpc) is 3.48. The molecule has 1 saturated heterocycles. The quantitative estimate of drug-likeness (QED) is 0.642. The molecule has 0 radical (unpaired) electrons. The summed E-state index contributed by atoms with van der Waals surface area (Å²) < 4.78 is 12.5. The van der Waals surface area contributed by atoms with E-state index in [2.05, 4.69) is 10.3 Å². The van der Waals surface area contributed by atoms with Crippen LogP contribution in [0.1, 0.15) is 28.9 Å². The van der Waals surface area contributed by atoms with Gasteiger partial charge in [-0.15, -0.1) is 0 Å². The van der Waals surface area contributed by atoms with Gasteiger partial charge in [-0.3, -0.25) is 9.59 Å². The van der Waals surface area contributed by atoms with Crippen molar-refractivity contribution in [1.29, 1.82) is 0 Å². The zero-order valence-corrected chi connectivity index (χ0v) is 18.4. The molecule has 1 atom stereocenters. The van der Waals surface area contributed by atoms with Gasteiger partial charge in [0.05, 0.1) is 31.9 Å².